The van der Waals surface area contributed by atoms with Crippen molar-refractivity contribution in [3.8, 4) is 0 Å². The summed E-state index contributed by atoms with van der Waals surface area (Å²) in [5, 5.41) is 3.38. The number of aliphatic imine (C=N–C) groups is 1. The minimum Gasteiger partial charge on any atom is -0.370 e. The summed E-state index contributed by atoms with van der Waals surface area (Å²) in [7, 11) is 3.67. The van der Waals surface area contributed by atoms with Gasteiger partial charge in [-0.15, -0.1) is 0 Å². The minimum atomic E-state index is 0.0606. The summed E-state index contributed by atoms with van der Waals surface area (Å²) in [6.07, 6.45) is 10.7. The molecule has 0 aromatic rings. The highest BCUT2D eigenvalue weighted by atomic mass is 16.2. The zero-order valence-corrected chi connectivity index (χ0v) is 15.5. The molecule has 2 aliphatic rings. The zero-order chi connectivity index (χ0) is 17.4. The van der Waals surface area contributed by atoms with Crippen molar-refractivity contribution in [2.24, 2.45) is 10.7 Å². The van der Waals surface area contributed by atoms with Gasteiger partial charge in [0.25, 0.3) is 0 Å². The van der Waals surface area contributed by atoms with Crippen molar-refractivity contribution < 1.29 is 4.79 Å². The van der Waals surface area contributed by atoms with Crippen molar-refractivity contribution in [2.45, 2.75) is 69.9 Å². The third-order valence-corrected chi connectivity index (χ3v) is 5.18. The fourth-order valence-corrected chi connectivity index (χ4v) is 3.82. The van der Waals surface area contributed by atoms with Crippen LogP contribution in [0.2, 0.25) is 0 Å². The Morgan fingerprint density at radius 3 is 2.54 bits per heavy atom. The summed E-state index contributed by atoms with van der Waals surface area (Å²) < 4.78 is 0. The van der Waals surface area contributed by atoms with E-state index in [4.69, 9.17) is 5.73 Å². The number of carbonyl (C=O) groups is 1. The Bertz CT molecular complexity index is 416. The van der Waals surface area contributed by atoms with Gasteiger partial charge >= 0.3 is 0 Å². The molecule has 6 nitrogen and oxygen atoms in total. The van der Waals surface area contributed by atoms with Crippen LogP contribution in [0.25, 0.3) is 0 Å². The normalized spacial score (nSPS) is 23.9. The number of likely N-dealkylation sites (N-methyl/N-ethyl adjacent to an activating group) is 1. The van der Waals surface area contributed by atoms with Crippen LogP contribution in [0.3, 0.4) is 0 Å². The van der Waals surface area contributed by atoms with Crippen LogP contribution in [0.5, 0.6) is 0 Å². The number of nitrogens with zero attached hydrogens (tertiary/aromatic N) is 3. The number of guanidine groups is 1. The van der Waals surface area contributed by atoms with Crippen LogP contribution in [-0.2, 0) is 4.79 Å². The van der Waals surface area contributed by atoms with Crippen molar-refractivity contribution in [3.63, 3.8) is 0 Å². The molecule has 1 heterocycles. The van der Waals surface area contributed by atoms with Crippen LogP contribution in [0.4, 0.5) is 0 Å². The van der Waals surface area contributed by atoms with Gasteiger partial charge in [-0.1, -0.05) is 25.7 Å². The van der Waals surface area contributed by atoms with Crippen LogP contribution >= 0.6 is 0 Å². The summed E-state index contributed by atoms with van der Waals surface area (Å²) in [6.45, 7) is 2.67. The Hall–Kier alpha value is -1.30. The molecule has 0 aromatic heterocycles. The van der Waals surface area contributed by atoms with Gasteiger partial charge in [-0.2, -0.15) is 0 Å². The smallest absolute Gasteiger partial charge is 0.239 e. The number of rotatable bonds is 6. The molecule has 1 unspecified atom stereocenters. The summed E-state index contributed by atoms with van der Waals surface area (Å²) in [5.41, 5.74) is 6.03. The Kier molecular flexibility index (Phi) is 7.82. The lowest BCUT2D eigenvalue weighted by Gasteiger charge is -2.25. The molecule has 6 heteroatoms. The molecular weight excluding hydrogens is 302 g/mol. The van der Waals surface area contributed by atoms with E-state index in [1.807, 2.05) is 14.1 Å². The fraction of sp³-hybridized carbons (Fsp3) is 0.889. The van der Waals surface area contributed by atoms with Gasteiger partial charge in [0.2, 0.25) is 5.91 Å². The van der Waals surface area contributed by atoms with Crippen molar-refractivity contribution >= 4 is 11.9 Å². The number of hydrogen-bond donors (Lipinski definition) is 2. The van der Waals surface area contributed by atoms with Crippen molar-refractivity contribution in [2.75, 3.05) is 33.7 Å². The first-order valence-electron chi connectivity index (χ1n) is 9.59. The zero-order valence-electron chi connectivity index (χ0n) is 15.5. The van der Waals surface area contributed by atoms with E-state index in [1.165, 1.54) is 38.5 Å². The molecule has 2 rings (SSSR count). The van der Waals surface area contributed by atoms with Gasteiger partial charge in [-0.05, 0) is 38.6 Å². The second kappa shape index (κ2) is 9.87. The van der Waals surface area contributed by atoms with Gasteiger partial charge in [0.1, 0.15) is 0 Å². The lowest BCUT2D eigenvalue weighted by molar-refractivity contribution is -0.133. The maximum atomic E-state index is 12.2. The van der Waals surface area contributed by atoms with E-state index in [1.54, 1.807) is 4.90 Å². The average Bonchev–Trinajstić information content (AvgIpc) is 2.87. The van der Waals surface area contributed by atoms with Crippen LogP contribution in [0.1, 0.15) is 57.8 Å². The van der Waals surface area contributed by atoms with Crippen LogP contribution in [0, 0.1) is 0 Å². The summed E-state index contributed by atoms with van der Waals surface area (Å²) >= 11 is 0. The summed E-state index contributed by atoms with van der Waals surface area (Å²) in [5.74, 6) is 0.815. The first-order valence-corrected chi connectivity index (χ1v) is 9.59. The number of carbonyl (C=O) groups excluding carboxylic acids is 1. The molecular formula is C18H35N5O. The minimum absolute atomic E-state index is 0.0606. The predicted molar refractivity (Wildman–Crippen MR) is 99.0 cm³/mol. The second-order valence-corrected chi connectivity index (χ2v) is 7.38. The highest BCUT2D eigenvalue weighted by molar-refractivity contribution is 5.81. The van der Waals surface area contributed by atoms with Gasteiger partial charge in [0.05, 0.1) is 6.04 Å². The Balaban J connectivity index is 1.68. The standard InChI is InChI=1S/C18H35N5O/c1-22(2)17(24)16-11-7-13-23(16)14-8-12-20-18(19)21-15-9-5-3-4-6-10-15/h15-16H,3-14H2,1-2H3,(H3,19,20,21). The Morgan fingerprint density at radius 2 is 1.88 bits per heavy atom. The number of nitrogens with one attached hydrogen (secondary N) is 1. The topological polar surface area (TPSA) is 74.0 Å². The third kappa shape index (κ3) is 5.96. The monoisotopic (exact) mass is 337 g/mol. The van der Waals surface area contributed by atoms with Gasteiger partial charge in [-0.3, -0.25) is 14.7 Å². The molecule has 0 spiro atoms. The summed E-state index contributed by atoms with van der Waals surface area (Å²) in [6, 6.07) is 0.558. The van der Waals surface area contributed by atoms with Crippen molar-refractivity contribution in [1.82, 2.24) is 15.1 Å². The molecule has 0 radical (unpaired) electrons. The van der Waals surface area contributed by atoms with E-state index < -0.39 is 0 Å². The van der Waals surface area contributed by atoms with Crippen LogP contribution in [-0.4, -0.2) is 67.5 Å². The molecule has 24 heavy (non-hydrogen) atoms. The first-order chi connectivity index (χ1) is 11.6. The third-order valence-electron chi connectivity index (χ3n) is 5.18. The number of hydrogen-bond acceptors (Lipinski definition) is 3. The highest BCUT2D eigenvalue weighted by Crippen LogP contribution is 2.19. The Morgan fingerprint density at radius 1 is 1.17 bits per heavy atom. The van der Waals surface area contributed by atoms with E-state index in [-0.39, 0.29) is 11.9 Å². The molecule has 1 saturated heterocycles. The van der Waals surface area contributed by atoms with Crippen LogP contribution in [0.15, 0.2) is 4.99 Å². The van der Waals surface area contributed by atoms with Gasteiger partial charge in [0.15, 0.2) is 5.96 Å². The quantitative estimate of drug-likeness (QED) is 0.334. The highest BCUT2D eigenvalue weighted by Gasteiger charge is 2.30. The van der Waals surface area contributed by atoms with Gasteiger partial charge in [0, 0.05) is 33.2 Å². The molecule has 1 amide bonds. The predicted octanol–water partition coefficient (Wildman–Crippen LogP) is 1.56. The number of likely N-dealkylation sites (tertiary alicyclic amines) is 1. The second-order valence-electron chi connectivity index (χ2n) is 7.38. The lowest BCUT2D eigenvalue weighted by Crippen LogP contribution is -2.43. The molecule has 1 saturated carbocycles. The maximum Gasteiger partial charge on any atom is 0.239 e. The van der Waals surface area contributed by atoms with Gasteiger partial charge in [-0.25, -0.2) is 0 Å². The molecule has 138 valence electrons. The number of amides is 1. The molecule has 0 aromatic carbocycles. The van der Waals surface area contributed by atoms with E-state index in [0.717, 1.165) is 38.9 Å². The van der Waals surface area contributed by atoms with E-state index >= 15 is 0 Å². The molecule has 0 bridgehead atoms. The molecule has 1 atom stereocenters. The van der Waals surface area contributed by atoms with Gasteiger partial charge < -0.3 is 16.0 Å². The number of nitrogens with two attached hydrogens (primary N) is 1. The SMILES string of the molecule is CN(C)C(=O)C1CCCN1CCCN=C(N)NC1CCCCCC1. The largest absolute Gasteiger partial charge is 0.370 e. The van der Waals surface area contributed by atoms with Crippen molar-refractivity contribution in [3.05, 3.63) is 0 Å². The lowest BCUT2D eigenvalue weighted by atomic mass is 10.1. The molecule has 1 aliphatic heterocycles. The fourth-order valence-electron chi connectivity index (χ4n) is 3.82. The van der Waals surface area contributed by atoms with Crippen molar-refractivity contribution in [1.29, 1.82) is 0 Å². The van der Waals surface area contributed by atoms with E-state index in [2.05, 4.69) is 15.2 Å². The van der Waals surface area contributed by atoms with Crippen LogP contribution < -0.4 is 11.1 Å². The summed E-state index contributed by atoms with van der Waals surface area (Å²) in [4.78, 5) is 20.7. The Labute approximate surface area is 146 Å². The first kappa shape index (κ1) is 19.0. The average molecular weight is 338 g/mol. The maximum absolute atomic E-state index is 12.2. The molecule has 3 N–H and O–H groups in total. The van der Waals surface area contributed by atoms with E-state index in [0.29, 0.717) is 12.0 Å². The molecule has 2 fully saturated rings. The molecule has 1 aliphatic carbocycles. The van der Waals surface area contributed by atoms with E-state index in [9.17, 15) is 4.79 Å².